The molecule has 1 amide bonds. The van der Waals surface area contributed by atoms with Crippen LogP contribution in [0.3, 0.4) is 0 Å². The summed E-state index contributed by atoms with van der Waals surface area (Å²) in [5, 5.41) is 0. The predicted molar refractivity (Wildman–Crippen MR) is 72.8 cm³/mol. The topological polar surface area (TPSA) is 46.6 Å². The SMILES string of the molecule is C[C@H]1CC(=O)C[C@@H]2CCN(C(=O)OC(C)(C)C)C[C@@H]21. The quantitative estimate of drug-likeness (QED) is 0.678. The van der Waals surface area contributed by atoms with Gasteiger partial charge in [-0.1, -0.05) is 6.92 Å². The maximum absolute atomic E-state index is 12.1. The second-order valence-electron chi connectivity index (χ2n) is 7.06. The molecule has 0 aromatic rings. The summed E-state index contributed by atoms with van der Waals surface area (Å²) in [6.45, 7) is 9.26. The first kappa shape index (κ1) is 14.4. The Hall–Kier alpha value is -1.06. The van der Waals surface area contributed by atoms with Crippen molar-refractivity contribution in [3.63, 3.8) is 0 Å². The minimum Gasteiger partial charge on any atom is -0.444 e. The number of hydrogen-bond donors (Lipinski definition) is 0. The van der Waals surface area contributed by atoms with E-state index >= 15 is 0 Å². The Labute approximate surface area is 115 Å². The summed E-state index contributed by atoms with van der Waals surface area (Å²) in [6, 6.07) is 0. The number of nitrogens with zero attached hydrogens (tertiary/aromatic N) is 1. The number of carbonyl (C=O) groups is 2. The van der Waals surface area contributed by atoms with Crippen molar-refractivity contribution in [3.8, 4) is 0 Å². The Morgan fingerprint density at radius 3 is 2.63 bits per heavy atom. The summed E-state index contributed by atoms with van der Waals surface area (Å²) in [7, 11) is 0. The number of fused-ring (bicyclic) bond motifs is 1. The van der Waals surface area contributed by atoms with Gasteiger partial charge in [-0.15, -0.1) is 0 Å². The molecule has 2 fully saturated rings. The van der Waals surface area contributed by atoms with E-state index in [9.17, 15) is 9.59 Å². The van der Waals surface area contributed by atoms with Gasteiger partial charge >= 0.3 is 6.09 Å². The average Bonchev–Trinajstić information content (AvgIpc) is 2.25. The Morgan fingerprint density at radius 2 is 2.00 bits per heavy atom. The second-order valence-corrected chi connectivity index (χ2v) is 7.06. The zero-order valence-corrected chi connectivity index (χ0v) is 12.4. The van der Waals surface area contributed by atoms with Crippen molar-refractivity contribution >= 4 is 11.9 Å². The molecule has 0 bridgehead atoms. The lowest BCUT2D eigenvalue weighted by molar-refractivity contribution is -0.125. The van der Waals surface area contributed by atoms with Crippen molar-refractivity contribution in [3.05, 3.63) is 0 Å². The van der Waals surface area contributed by atoms with Crippen molar-refractivity contribution in [2.75, 3.05) is 13.1 Å². The number of ketones is 1. The van der Waals surface area contributed by atoms with Crippen molar-refractivity contribution in [2.45, 2.75) is 52.6 Å². The van der Waals surface area contributed by atoms with Gasteiger partial charge < -0.3 is 9.64 Å². The zero-order chi connectivity index (χ0) is 14.2. The Kier molecular flexibility index (Phi) is 3.88. The molecule has 19 heavy (non-hydrogen) atoms. The van der Waals surface area contributed by atoms with E-state index in [2.05, 4.69) is 6.92 Å². The molecule has 0 radical (unpaired) electrons. The Bertz CT molecular complexity index is 372. The van der Waals surface area contributed by atoms with Gasteiger partial charge in [0.2, 0.25) is 0 Å². The fourth-order valence-corrected chi connectivity index (χ4v) is 3.31. The van der Waals surface area contributed by atoms with Crippen LogP contribution in [0.5, 0.6) is 0 Å². The third-order valence-corrected chi connectivity index (χ3v) is 4.23. The molecule has 4 nitrogen and oxygen atoms in total. The van der Waals surface area contributed by atoms with Gasteiger partial charge in [-0.25, -0.2) is 4.79 Å². The average molecular weight is 267 g/mol. The standard InChI is InChI=1S/C15H25NO3/c1-10-7-12(17)8-11-5-6-16(9-13(10)11)14(18)19-15(2,3)4/h10-11,13H,5-9H2,1-4H3/t10-,11-,13+/m0/s1. The summed E-state index contributed by atoms with van der Waals surface area (Å²) < 4.78 is 5.43. The van der Waals surface area contributed by atoms with Crippen molar-refractivity contribution in [1.29, 1.82) is 0 Å². The van der Waals surface area contributed by atoms with Crippen molar-refractivity contribution < 1.29 is 14.3 Å². The zero-order valence-electron chi connectivity index (χ0n) is 12.4. The van der Waals surface area contributed by atoms with E-state index in [0.717, 1.165) is 19.5 Å². The van der Waals surface area contributed by atoms with Gasteiger partial charge in [0.25, 0.3) is 0 Å². The van der Waals surface area contributed by atoms with E-state index < -0.39 is 5.60 Å². The number of Topliss-reactive ketones (excluding diaryl/α,β-unsaturated/α-hetero) is 1. The van der Waals surface area contributed by atoms with Gasteiger partial charge in [0, 0.05) is 25.9 Å². The van der Waals surface area contributed by atoms with Crippen LogP contribution >= 0.6 is 0 Å². The first-order chi connectivity index (χ1) is 8.76. The Morgan fingerprint density at radius 1 is 1.32 bits per heavy atom. The van der Waals surface area contributed by atoms with Gasteiger partial charge in [0.15, 0.2) is 0 Å². The van der Waals surface area contributed by atoms with Crippen LogP contribution in [0.2, 0.25) is 0 Å². The highest BCUT2D eigenvalue weighted by Gasteiger charge is 2.40. The normalized spacial score (nSPS) is 31.9. The van der Waals surface area contributed by atoms with E-state index in [4.69, 9.17) is 4.74 Å². The number of ether oxygens (including phenoxy) is 1. The fraction of sp³-hybridized carbons (Fsp3) is 0.867. The van der Waals surface area contributed by atoms with Crippen LogP contribution in [0.4, 0.5) is 4.79 Å². The highest BCUT2D eigenvalue weighted by atomic mass is 16.6. The highest BCUT2D eigenvalue weighted by Crippen LogP contribution is 2.38. The summed E-state index contributed by atoms with van der Waals surface area (Å²) in [5.74, 6) is 1.70. The van der Waals surface area contributed by atoms with Gasteiger partial charge in [-0.3, -0.25) is 4.79 Å². The van der Waals surface area contributed by atoms with Gasteiger partial charge in [0.05, 0.1) is 0 Å². The van der Waals surface area contributed by atoms with Gasteiger partial charge in [-0.2, -0.15) is 0 Å². The van der Waals surface area contributed by atoms with Gasteiger partial charge in [0.1, 0.15) is 11.4 Å². The molecule has 1 aliphatic heterocycles. The monoisotopic (exact) mass is 267 g/mol. The molecule has 1 saturated carbocycles. The summed E-state index contributed by atoms with van der Waals surface area (Å²) >= 11 is 0. The minimum atomic E-state index is -0.442. The third kappa shape index (κ3) is 3.48. The molecule has 1 saturated heterocycles. The number of likely N-dealkylation sites (tertiary alicyclic amines) is 1. The summed E-state index contributed by atoms with van der Waals surface area (Å²) in [6.07, 6.45) is 2.09. The lowest BCUT2D eigenvalue weighted by Gasteiger charge is -2.43. The molecule has 1 heterocycles. The molecule has 0 unspecified atom stereocenters. The van der Waals surface area contributed by atoms with Crippen LogP contribution < -0.4 is 0 Å². The number of piperidine rings is 1. The maximum Gasteiger partial charge on any atom is 0.410 e. The predicted octanol–water partition coefficient (Wildman–Crippen LogP) is 2.86. The van der Waals surface area contributed by atoms with Gasteiger partial charge in [-0.05, 0) is 44.9 Å². The van der Waals surface area contributed by atoms with E-state index in [1.807, 2.05) is 25.7 Å². The Balaban J connectivity index is 1.98. The first-order valence-electron chi connectivity index (χ1n) is 7.26. The largest absolute Gasteiger partial charge is 0.444 e. The number of hydrogen-bond acceptors (Lipinski definition) is 3. The lowest BCUT2D eigenvalue weighted by Crippen LogP contribution is -2.49. The van der Waals surface area contributed by atoms with E-state index in [0.29, 0.717) is 36.4 Å². The maximum atomic E-state index is 12.1. The van der Waals surface area contributed by atoms with Crippen LogP contribution in [-0.4, -0.2) is 35.5 Å². The summed E-state index contributed by atoms with van der Waals surface area (Å²) in [5.41, 5.74) is -0.442. The molecule has 0 aromatic carbocycles. The van der Waals surface area contributed by atoms with Crippen LogP contribution in [0.1, 0.15) is 47.0 Å². The van der Waals surface area contributed by atoms with Crippen molar-refractivity contribution in [1.82, 2.24) is 4.90 Å². The molecule has 108 valence electrons. The number of amides is 1. The second kappa shape index (κ2) is 5.14. The third-order valence-electron chi connectivity index (χ3n) is 4.23. The van der Waals surface area contributed by atoms with Crippen LogP contribution in [0.25, 0.3) is 0 Å². The molecule has 4 heteroatoms. The number of rotatable bonds is 0. The smallest absolute Gasteiger partial charge is 0.410 e. The van der Waals surface area contributed by atoms with Crippen LogP contribution in [-0.2, 0) is 9.53 Å². The van der Waals surface area contributed by atoms with Crippen molar-refractivity contribution in [2.24, 2.45) is 17.8 Å². The van der Waals surface area contributed by atoms with E-state index in [1.54, 1.807) is 0 Å². The molecular formula is C15H25NO3. The first-order valence-corrected chi connectivity index (χ1v) is 7.26. The molecule has 2 aliphatic rings. The fourth-order valence-electron chi connectivity index (χ4n) is 3.31. The minimum absolute atomic E-state index is 0.213. The highest BCUT2D eigenvalue weighted by molar-refractivity contribution is 5.80. The number of carbonyl (C=O) groups excluding carboxylic acids is 2. The molecule has 1 aliphatic carbocycles. The lowest BCUT2D eigenvalue weighted by atomic mass is 9.69. The molecule has 0 N–H and O–H groups in total. The van der Waals surface area contributed by atoms with E-state index in [-0.39, 0.29) is 6.09 Å². The summed E-state index contributed by atoms with van der Waals surface area (Å²) in [4.78, 5) is 25.5. The molecule has 3 atom stereocenters. The molecule has 2 rings (SSSR count). The van der Waals surface area contributed by atoms with Crippen LogP contribution in [0.15, 0.2) is 0 Å². The molecule has 0 spiro atoms. The molecular weight excluding hydrogens is 242 g/mol. The van der Waals surface area contributed by atoms with Crippen LogP contribution in [0, 0.1) is 17.8 Å². The van der Waals surface area contributed by atoms with E-state index in [1.165, 1.54) is 0 Å². The molecule has 0 aromatic heterocycles.